The van der Waals surface area contributed by atoms with Crippen molar-refractivity contribution in [1.29, 1.82) is 0 Å². The zero-order valence-corrected chi connectivity index (χ0v) is 13.0. The third-order valence-electron chi connectivity index (χ3n) is 1.84. The van der Waals surface area contributed by atoms with Crippen LogP contribution in [0.1, 0.15) is 27.7 Å². The van der Waals surface area contributed by atoms with Crippen LogP contribution in [-0.2, 0) is 0 Å². The Morgan fingerprint density at radius 2 is 1.07 bits per heavy atom. The normalized spacial score (nSPS) is 13.3. The Bertz CT molecular complexity index is 136. The van der Waals surface area contributed by atoms with Crippen LogP contribution in [0.3, 0.4) is 0 Å². The molecule has 0 aromatic rings. The van der Waals surface area contributed by atoms with Crippen molar-refractivity contribution in [1.82, 2.24) is 0 Å². The highest BCUT2D eigenvalue weighted by Gasteiger charge is 2.18. The molecule has 0 aromatic heterocycles. The van der Waals surface area contributed by atoms with Gasteiger partial charge in [-0.25, -0.2) is 0 Å². The predicted octanol–water partition coefficient (Wildman–Crippen LogP) is 4.28. The quantitative estimate of drug-likeness (QED) is 0.403. The van der Waals surface area contributed by atoms with Gasteiger partial charge in [0.15, 0.2) is 0 Å². The average Bonchev–Trinajstić information content (AvgIpc) is 2.13. The molecule has 4 heteroatoms. The third-order valence-corrected chi connectivity index (χ3v) is 6.72. The lowest BCUT2D eigenvalue weighted by Gasteiger charge is -2.24. The van der Waals surface area contributed by atoms with Crippen molar-refractivity contribution in [3.8, 4) is 0 Å². The van der Waals surface area contributed by atoms with Crippen LogP contribution in [0.5, 0.6) is 0 Å². The van der Waals surface area contributed by atoms with Gasteiger partial charge in [-0.1, -0.05) is 49.3 Å². The SMILES string of the molecule is CC(C)(CS)CSSCC(C)(C)CS. The molecule has 0 fully saturated rings. The van der Waals surface area contributed by atoms with Gasteiger partial charge in [-0.3, -0.25) is 0 Å². The first-order valence-electron chi connectivity index (χ1n) is 4.79. The molecule has 0 bridgehead atoms. The number of hydrogen-bond acceptors (Lipinski definition) is 4. The van der Waals surface area contributed by atoms with Crippen LogP contribution in [0, 0.1) is 10.8 Å². The lowest BCUT2D eigenvalue weighted by molar-refractivity contribution is 0.492. The molecule has 86 valence electrons. The van der Waals surface area contributed by atoms with Gasteiger partial charge < -0.3 is 0 Å². The zero-order valence-electron chi connectivity index (χ0n) is 9.54. The molecule has 0 aliphatic carbocycles. The van der Waals surface area contributed by atoms with E-state index in [1.165, 1.54) is 11.5 Å². The summed E-state index contributed by atoms with van der Waals surface area (Å²) in [5.41, 5.74) is 0.706. The zero-order chi connectivity index (χ0) is 11.2. The molecule has 0 radical (unpaired) electrons. The first-order chi connectivity index (χ1) is 6.33. The summed E-state index contributed by atoms with van der Waals surface area (Å²) in [5, 5.41) is 0. The third kappa shape index (κ3) is 7.66. The van der Waals surface area contributed by atoms with Gasteiger partial charge in [-0.2, -0.15) is 25.3 Å². The molecule has 0 aliphatic rings. The fraction of sp³-hybridized carbons (Fsp3) is 1.00. The Labute approximate surface area is 108 Å². The van der Waals surface area contributed by atoms with E-state index in [0.29, 0.717) is 10.8 Å². The first kappa shape index (κ1) is 15.4. The highest BCUT2D eigenvalue weighted by molar-refractivity contribution is 8.76. The summed E-state index contributed by atoms with van der Waals surface area (Å²) in [6, 6.07) is 0. The van der Waals surface area contributed by atoms with Crippen LogP contribution < -0.4 is 0 Å². The van der Waals surface area contributed by atoms with E-state index >= 15 is 0 Å². The lowest BCUT2D eigenvalue weighted by atomic mass is 10.0. The van der Waals surface area contributed by atoms with Crippen molar-refractivity contribution in [2.24, 2.45) is 10.8 Å². The Balaban J connectivity index is 3.57. The van der Waals surface area contributed by atoms with E-state index in [1.807, 2.05) is 21.6 Å². The van der Waals surface area contributed by atoms with E-state index in [4.69, 9.17) is 0 Å². The van der Waals surface area contributed by atoms with Gasteiger partial charge in [0.05, 0.1) is 0 Å². The molecule has 0 saturated carbocycles. The van der Waals surface area contributed by atoms with E-state index in [2.05, 4.69) is 53.0 Å². The molecule has 0 rings (SSSR count). The van der Waals surface area contributed by atoms with Gasteiger partial charge in [0, 0.05) is 11.5 Å². The van der Waals surface area contributed by atoms with Gasteiger partial charge in [0.25, 0.3) is 0 Å². The number of rotatable bonds is 7. The summed E-state index contributed by atoms with van der Waals surface area (Å²) in [7, 11) is 3.92. The summed E-state index contributed by atoms with van der Waals surface area (Å²) >= 11 is 8.69. The fourth-order valence-corrected chi connectivity index (χ4v) is 4.44. The Morgan fingerprint density at radius 3 is 1.29 bits per heavy atom. The molecule has 0 heterocycles. The summed E-state index contributed by atoms with van der Waals surface area (Å²) in [4.78, 5) is 0. The van der Waals surface area contributed by atoms with Crippen molar-refractivity contribution in [3.63, 3.8) is 0 Å². The van der Waals surface area contributed by atoms with E-state index < -0.39 is 0 Å². The topological polar surface area (TPSA) is 0 Å². The van der Waals surface area contributed by atoms with Gasteiger partial charge in [-0.05, 0) is 22.3 Å². The minimum atomic E-state index is 0.353. The fourth-order valence-electron chi connectivity index (χ4n) is 0.494. The molecule has 0 unspecified atom stereocenters. The van der Waals surface area contributed by atoms with Gasteiger partial charge in [0.2, 0.25) is 0 Å². The minimum Gasteiger partial charge on any atom is -0.179 e. The second-order valence-corrected chi connectivity index (χ2v) is 8.26. The maximum absolute atomic E-state index is 4.34. The van der Waals surface area contributed by atoms with Crippen molar-refractivity contribution in [3.05, 3.63) is 0 Å². The summed E-state index contributed by atoms with van der Waals surface area (Å²) in [6.07, 6.45) is 0. The monoisotopic (exact) mass is 270 g/mol. The largest absolute Gasteiger partial charge is 0.179 e. The standard InChI is InChI=1S/C10H22S4/c1-9(2,5-11)7-13-14-8-10(3,4)6-12/h11-12H,5-8H2,1-4H3. The maximum Gasteiger partial charge on any atom is 0.00961 e. The van der Waals surface area contributed by atoms with E-state index in [1.54, 1.807) is 0 Å². The highest BCUT2D eigenvalue weighted by Crippen LogP contribution is 2.35. The van der Waals surface area contributed by atoms with Crippen LogP contribution in [0.15, 0.2) is 0 Å². The Kier molecular flexibility index (Phi) is 7.56. The van der Waals surface area contributed by atoms with E-state index in [-0.39, 0.29) is 0 Å². The predicted molar refractivity (Wildman–Crippen MR) is 80.2 cm³/mol. The minimum absolute atomic E-state index is 0.353. The molecule has 0 aliphatic heterocycles. The number of hydrogen-bond donors (Lipinski definition) is 2. The average molecular weight is 271 g/mol. The van der Waals surface area contributed by atoms with Crippen molar-refractivity contribution in [2.75, 3.05) is 23.0 Å². The van der Waals surface area contributed by atoms with Crippen molar-refractivity contribution >= 4 is 46.8 Å². The summed E-state index contributed by atoms with van der Waals surface area (Å²) in [6.45, 7) is 9.04. The second kappa shape index (κ2) is 6.87. The van der Waals surface area contributed by atoms with Crippen LogP contribution in [0.25, 0.3) is 0 Å². The van der Waals surface area contributed by atoms with Crippen molar-refractivity contribution < 1.29 is 0 Å². The second-order valence-electron chi connectivity index (χ2n) is 5.17. The molecule has 0 amide bonds. The Hall–Kier alpha value is 1.40. The van der Waals surface area contributed by atoms with E-state index in [0.717, 1.165) is 11.5 Å². The molecule has 0 aromatic carbocycles. The Morgan fingerprint density at radius 1 is 0.786 bits per heavy atom. The van der Waals surface area contributed by atoms with Gasteiger partial charge in [-0.15, -0.1) is 0 Å². The smallest absolute Gasteiger partial charge is 0.00961 e. The maximum atomic E-state index is 4.34. The first-order valence-corrected chi connectivity index (χ1v) is 8.54. The van der Waals surface area contributed by atoms with Crippen LogP contribution in [-0.4, -0.2) is 23.0 Å². The van der Waals surface area contributed by atoms with Gasteiger partial charge >= 0.3 is 0 Å². The number of thiol groups is 2. The molecule has 0 spiro atoms. The highest BCUT2D eigenvalue weighted by atomic mass is 33.1. The van der Waals surface area contributed by atoms with Crippen molar-refractivity contribution in [2.45, 2.75) is 27.7 Å². The van der Waals surface area contributed by atoms with Gasteiger partial charge in [0.1, 0.15) is 0 Å². The molecule has 0 atom stereocenters. The molecular formula is C10H22S4. The van der Waals surface area contributed by atoms with Crippen LogP contribution in [0.2, 0.25) is 0 Å². The molecule has 14 heavy (non-hydrogen) atoms. The van der Waals surface area contributed by atoms with E-state index in [9.17, 15) is 0 Å². The molecule has 0 nitrogen and oxygen atoms in total. The van der Waals surface area contributed by atoms with Crippen LogP contribution >= 0.6 is 46.8 Å². The molecule has 0 saturated heterocycles. The summed E-state index contributed by atoms with van der Waals surface area (Å²) in [5.74, 6) is 4.25. The van der Waals surface area contributed by atoms with Crippen LogP contribution in [0.4, 0.5) is 0 Å². The molecular weight excluding hydrogens is 248 g/mol. The molecule has 0 N–H and O–H groups in total. The summed E-state index contributed by atoms with van der Waals surface area (Å²) < 4.78 is 0. The lowest BCUT2D eigenvalue weighted by Crippen LogP contribution is -2.18.